The Morgan fingerprint density at radius 2 is 1.51 bits per heavy atom. The van der Waals surface area contributed by atoms with E-state index in [1.165, 1.54) is 5.56 Å². The van der Waals surface area contributed by atoms with E-state index < -0.39 is 0 Å². The molecular formula is C33H46ClN5O2. The van der Waals surface area contributed by atoms with Gasteiger partial charge in [0.05, 0.1) is 6.54 Å². The summed E-state index contributed by atoms with van der Waals surface area (Å²) in [5.74, 6) is 0.558. The molecule has 5 rings (SSSR count). The number of benzene rings is 2. The molecule has 0 radical (unpaired) electrons. The van der Waals surface area contributed by atoms with Gasteiger partial charge in [0.1, 0.15) is 0 Å². The third-order valence-electron chi connectivity index (χ3n) is 8.76. The first-order chi connectivity index (χ1) is 19.9. The highest BCUT2D eigenvalue weighted by molar-refractivity contribution is 6.30. The van der Waals surface area contributed by atoms with Crippen LogP contribution in [0.3, 0.4) is 0 Å². The number of piperazine rings is 1. The predicted molar refractivity (Wildman–Crippen MR) is 166 cm³/mol. The maximum atomic E-state index is 13.8. The lowest BCUT2D eigenvalue weighted by molar-refractivity contribution is -0.133. The number of amides is 2. The maximum Gasteiger partial charge on any atom is 0.237 e. The van der Waals surface area contributed by atoms with Gasteiger partial charge in [0.2, 0.25) is 11.8 Å². The van der Waals surface area contributed by atoms with E-state index in [0.29, 0.717) is 32.2 Å². The zero-order chi connectivity index (χ0) is 28.8. The molecule has 0 N–H and O–H groups in total. The molecule has 2 heterocycles. The molecule has 8 heteroatoms. The highest BCUT2D eigenvalue weighted by Crippen LogP contribution is 2.34. The van der Waals surface area contributed by atoms with Gasteiger partial charge < -0.3 is 9.80 Å². The molecule has 0 spiro atoms. The fraction of sp³-hybridized carbons (Fsp3) is 0.576. The second kappa shape index (κ2) is 14.1. The van der Waals surface area contributed by atoms with Crippen LogP contribution in [0.2, 0.25) is 5.02 Å². The Labute approximate surface area is 251 Å². The minimum atomic E-state index is 0.142. The second-order valence-electron chi connectivity index (χ2n) is 12.2. The molecule has 0 bridgehead atoms. The summed E-state index contributed by atoms with van der Waals surface area (Å²) in [6.45, 7) is 13.3. The van der Waals surface area contributed by atoms with Crippen molar-refractivity contribution >= 4 is 29.1 Å². The number of nitrogens with zero attached hydrogens (tertiary/aromatic N) is 5. The number of rotatable bonds is 6. The van der Waals surface area contributed by atoms with Crippen molar-refractivity contribution in [3.8, 4) is 0 Å². The van der Waals surface area contributed by atoms with Crippen molar-refractivity contribution in [1.82, 2.24) is 19.6 Å². The molecule has 0 unspecified atom stereocenters. The quantitative estimate of drug-likeness (QED) is 0.495. The van der Waals surface area contributed by atoms with Gasteiger partial charge in [-0.1, -0.05) is 41.9 Å². The van der Waals surface area contributed by atoms with Crippen LogP contribution in [-0.4, -0.2) is 96.4 Å². The number of carbonyl (C=O) groups is 2. The molecule has 1 aliphatic carbocycles. The predicted octanol–water partition coefficient (Wildman–Crippen LogP) is 4.73. The molecule has 1 saturated carbocycles. The van der Waals surface area contributed by atoms with Crippen LogP contribution >= 0.6 is 11.6 Å². The van der Waals surface area contributed by atoms with E-state index in [1.807, 2.05) is 34.1 Å². The van der Waals surface area contributed by atoms with E-state index in [-0.39, 0.29) is 17.7 Å². The molecule has 2 aromatic carbocycles. The first-order valence-electron chi connectivity index (χ1n) is 15.5. The molecule has 2 aromatic rings. The van der Waals surface area contributed by atoms with Gasteiger partial charge in [-0.2, -0.15) is 0 Å². The van der Waals surface area contributed by atoms with E-state index in [9.17, 15) is 9.59 Å². The SMILES string of the molecule is CC(C)N1CCN(CC(=O)N2CCCN(Cc3ccc(Cl)cc3)CCCN(C(=O)C3CC3)c3ccccc3C2)CC1. The molecular weight excluding hydrogens is 534 g/mol. The molecule has 2 aliphatic heterocycles. The molecule has 222 valence electrons. The Bertz CT molecular complexity index is 1160. The summed E-state index contributed by atoms with van der Waals surface area (Å²) < 4.78 is 0. The largest absolute Gasteiger partial charge is 0.337 e. The van der Waals surface area contributed by atoms with Crippen LogP contribution < -0.4 is 4.90 Å². The van der Waals surface area contributed by atoms with E-state index >= 15 is 0 Å². The number of fused-ring (bicyclic) bond motifs is 1. The maximum absolute atomic E-state index is 13.8. The summed E-state index contributed by atoms with van der Waals surface area (Å²) in [7, 11) is 0. The van der Waals surface area contributed by atoms with Gasteiger partial charge in [-0.25, -0.2) is 0 Å². The lowest BCUT2D eigenvalue weighted by Crippen LogP contribution is -2.51. The average Bonchev–Trinajstić information content (AvgIpc) is 3.81. The van der Waals surface area contributed by atoms with Crippen LogP contribution in [-0.2, 0) is 22.7 Å². The minimum absolute atomic E-state index is 0.142. The average molecular weight is 580 g/mol. The summed E-state index contributed by atoms with van der Waals surface area (Å²) in [6.07, 6.45) is 3.78. The van der Waals surface area contributed by atoms with Crippen molar-refractivity contribution in [2.45, 2.75) is 58.7 Å². The van der Waals surface area contributed by atoms with Crippen LogP contribution in [0.1, 0.15) is 50.7 Å². The van der Waals surface area contributed by atoms with Crippen LogP contribution in [0.5, 0.6) is 0 Å². The zero-order valence-electron chi connectivity index (χ0n) is 24.8. The summed E-state index contributed by atoms with van der Waals surface area (Å²) >= 11 is 6.14. The Morgan fingerprint density at radius 3 is 2.20 bits per heavy atom. The summed E-state index contributed by atoms with van der Waals surface area (Å²) in [5, 5.41) is 0.745. The first kappa shape index (κ1) is 30.0. The highest BCUT2D eigenvalue weighted by Gasteiger charge is 2.35. The monoisotopic (exact) mass is 579 g/mol. The van der Waals surface area contributed by atoms with E-state index in [0.717, 1.165) is 87.8 Å². The summed E-state index contributed by atoms with van der Waals surface area (Å²) in [5.41, 5.74) is 3.27. The molecule has 2 amide bonds. The molecule has 1 saturated heterocycles. The van der Waals surface area contributed by atoms with Crippen molar-refractivity contribution < 1.29 is 9.59 Å². The zero-order valence-corrected chi connectivity index (χ0v) is 25.6. The van der Waals surface area contributed by atoms with E-state index in [2.05, 4.69) is 52.8 Å². The van der Waals surface area contributed by atoms with Crippen molar-refractivity contribution in [3.63, 3.8) is 0 Å². The standard InChI is InChI=1S/C33H46ClN5O2/c1-26(2)37-21-19-36(20-22-37)25-32(40)38-17-5-15-35(23-27-9-13-30(34)14-10-27)16-6-18-39(33(41)28-11-12-28)31-8-4-3-7-29(31)24-38/h3-4,7-10,13-14,26,28H,5-6,11-12,15-25H2,1-2H3. The third kappa shape index (κ3) is 8.31. The lowest BCUT2D eigenvalue weighted by atomic mass is 10.1. The van der Waals surface area contributed by atoms with Gasteiger partial charge in [0, 0.05) is 88.1 Å². The fourth-order valence-electron chi connectivity index (χ4n) is 6.09. The van der Waals surface area contributed by atoms with Crippen LogP contribution in [0.4, 0.5) is 5.69 Å². The summed E-state index contributed by atoms with van der Waals surface area (Å²) in [4.78, 5) is 38.6. The Morgan fingerprint density at radius 1 is 0.829 bits per heavy atom. The number of halogens is 1. The molecule has 7 nitrogen and oxygen atoms in total. The number of para-hydroxylation sites is 1. The van der Waals surface area contributed by atoms with Crippen molar-refractivity contribution in [1.29, 1.82) is 0 Å². The smallest absolute Gasteiger partial charge is 0.237 e. The highest BCUT2D eigenvalue weighted by atomic mass is 35.5. The topological polar surface area (TPSA) is 50.3 Å². The van der Waals surface area contributed by atoms with Gasteiger partial charge >= 0.3 is 0 Å². The van der Waals surface area contributed by atoms with Crippen LogP contribution in [0.15, 0.2) is 48.5 Å². The Hall–Kier alpha value is -2.45. The molecule has 2 fully saturated rings. The van der Waals surface area contributed by atoms with Crippen molar-refractivity contribution in [2.75, 3.05) is 63.8 Å². The molecule has 0 atom stereocenters. The number of hydrogen-bond donors (Lipinski definition) is 0. The first-order valence-corrected chi connectivity index (χ1v) is 15.9. The van der Waals surface area contributed by atoms with Gasteiger partial charge in [0.25, 0.3) is 0 Å². The van der Waals surface area contributed by atoms with Gasteiger partial charge in [-0.15, -0.1) is 0 Å². The Balaban J connectivity index is 1.34. The van der Waals surface area contributed by atoms with Crippen LogP contribution in [0.25, 0.3) is 0 Å². The van der Waals surface area contributed by atoms with Gasteiger partial charge in [-0.3, -0.25) is 24.3 Å². The van der Waals surface area contributed by atoms with Gasteiger partial charge in [0.15, 0.2) is 0 Å². The summed E-state index contributed by atoms with van der Waals surface area (Å²) in [6, 6.07) is 16.8. The normalized spacial score (nSPS) is 20.4. The van der Waals surface area contributed by atoms with E-state index in [4.69, 9.17) is 11.6 Å². The minimum Gasteiger partial charge on any atom is -0.337 e. The lowest BCUT2D eigenvalue weighted by Gasteiger charge is -2.37. The van der Waals surface area contributed by atoms with Crippen LogP contribution in [0, 0.1) is 5.92 Å². The number of anilines is 1. The molecule has 3 aliphatic rings. The molecule has 0 aromatic heterocycles. The molecule has 41 heavy (non-hydrogen) atoms. The van der Waals surface area contributed by atoms with Crippen molar-refractivity contribution in [2.24, 2.45) is 5.92 Å². The van der Waals surface area contributed by atoms with Crippen molar-refractivity contribution in [3.05, 3.63) is 64.7 Å². The van der Waals surface area contributed by atoms with Gasteiger partial charge in [-0.05, 0) is 68.9 Å². The number of carbonyl (C=O) groups excluding carboxylic acids is 2. The van der Waals surface area contributed by atoms with E-state index in [1.54, 1.807) is 0 Å². The fourth-order valence-corrected chi connectivity index (χ4v) is 6.22. The Kier molecular flexibility index (Phi) is 10.4. The number of hydrogen-bond acceptors (Lipinski definition) is 5. The second-order valence-corrected chi connectivity index (χ2v) is 12.7. The third-order valence-corrected chi connectivity index (χ3v) is 9.01.